The molecule has 4 rings (SSSR count). The molecule has 8 nitrogen and oxygen atoms in total. The minimum Gasteiger partial charge on any atom is -0.474 e. The number of aromatic nitrogens is 2. The highest BCUT2D eigenvalue weighted by molar-refractivity contribution is 5.99. The van der Waals surface area contributed by atoms with Crippen LogP contribution in [0.5, 0.6) is 5.88 Å². The maximum absolute atomic E-state index is 15.0. The van der Waals surface area contributed by atoms with Crippen LogP contribution in [-0.2, 0) is 0 Å². The van der Waals surface area contributed by atoms with Gasteiger partial charge < -0.3 is 20.9 Å². The van der Waals surface area contributed by atoms with Gasteiger partial charge in [0, 0.05) is 35.5 Å². The Kier molecular flexibility index (Phi) is 3.91. The monoisotopic (exact) mass is 369 g/mol. The Bertz CT molecular complexity index is 1090. The van der Waals surface area contributed by atoms with Crippen LogP contribution in [0.2, 0.25) is 0 Å². The molecule has 9 heteroatoms. The highest BCUT2D eigenvalue weighted by Crippen LogP contribution is 2.39. The van der Waals surface area contributed by atoms with E-state index in [-0.39, 0.29) is 17.1 Å². The summed E-state index contributed by atoms with van der Waals surface area (Å²) in [6.45, 7) is 3.00. The van der Waals surface area contributed by atoms with E-state index in [1.54, 1.807) is 12.3 Å². The van der Waals surface area contributed by atoms with Crippen LogP contribution in [-0.4, -0.2) is 34.3 Å². The van der Waals surface area contributed by atoms with Crippen LogP contribution in [0.4, 0.5) is 26.4 Å². The van der Waals surface area contributed by atoms with E-state index in [9.17, 15) is 9.18 Å². The van der Waals surface area contributed by atoms with Gasteiger partial charge in [0.25, 0.3) is 0 Å². The summed E-state index contributed by atoms with van der Waals surface area (Å²) in [6, 6.07) is 3.11. The average molecular weight is 369 g/mol. The van der Waals surface area contributed by atoms with Gasteiger partial charge in [0.15, 0.2) is 5.82 Å². The third kappa shape index (κ3) is 2.82. The first-order valence-corrected chi connectivity index (χ1v) is 8.20. The average Bonchev–Trinajstić information content (AvgIpc) is 2.65. The molecule has 0 fully saturated rings. The lowest BCUT2D eigenvalue weighted by Crippen LogP contribution is -2.20. The highest BCUT2D eigenvalue weighted by Gasteiger charge is 2.21. The van der Waals surface area contributed by atoms with Gasteiger partial charge in [-0.25, -0.2) is 19.2 Å². The zero-order valence-corrected chi connectivity index (χ0v) is 14.3. The van der Waals surface area contributed by atoms with E-state index in [2.05, 4.69) is 20.6 Å². The number of rotatable bonds is 2. The van der Waals surface area contributed by atoms with E-state index in [4.69, 9.17) is 15.6 Å². The number of benzene rings is 1. The number of halogens is 1. The van der Waals surface area contributed by atoms with Gasteiger partial charge in [0.05, 0.1) is 5.69 Å². The summed E-state index contributed by atoms with van der Waals surface area (Å²) >= 11 is 0. The second kappa shape index (κ2) is 6.27. The molecule has 0 saturated heterocycles. The number of anilines is 3. The van der Waals surface area contributed by atoms with Gasteiger partial charge in [-0.05, 0) is 30.0 Å². The molecule has 1 amide bonds. The molecule has 0 aliphatic carbocycles. The molecule has 0 radical (unpaired) electrons. The fourth-order valence-electron chi connectivity index (χ4n) is 3.16. The molecule has 1 aliphatic heterocycles. The largest absolute Gasteiger partial charge is 0.474 e. The second-order valence-corrected chi connectivity index (χ2v) is 6.12. The number of ether oxygens (including phenoxy) is 1. The third-order valence-corrected chi connectivity index (χ3v) is 4.47. The fourth-order valence-corrected chi connectivity index (χ4v) is 3.16. The summed E-state index contributed by atoms with van der Waals surface area (Å²) in [5.41, 5.74) is 8.28. The van der Waals surface area contributed by atoms with Gasteiger partial charge in [-0.2, -0.15) is 0 Å². The van der Waals surface area contributed by atoms with Crippen molar-refractivity contribution in [2.75, 3.05) is 29.5 Å². The first-order valence-electron chi connectivity index (χ1n) is 8.20. The van der Waals surface area contributed by atoms with Gasteiger partial charge in [0.1, 0.15) is 18.1 Å². The van der Waals surface area contributed by atoms with Crippen LogP contribution >= 0.6 is 0 Å². The second-order valence-electron chi connectivity index (χ2n) is 6.12. The Hall–Kier alpha value is -3.62. The number of hydrogen-bond donors (Lipinski definition) is 4. The summed E-state index contributed by atoms with van der Waals surface area (Å²) in [5.74, 6) is 0.0287. The van der Waals surface area contributed by atoms with Crippen LogP contribution < -0.4 is 21.1 Å². The van der Waals surface area contributed by atoms with Crippen molar-refractivity contribution in [2.45, 2.75) is 6.92 Å². The summed E-state index contributed by atoms with van der Waals surface area (Å²) in [4.78, 5) is 19.1. The number of fused-ring (bicyclic) bond motifs is 2. The predicted octanol–water partition coefficient (Wildman–Crippen LogP) is 3.22. The standard InChI is InChI=1S/C18H16FN5O3/c1-8-11(6-23-17-16(8)21-2-3-27-17)10-4-9-5-13(24-18(25)26)22-7-12(9)15(20)14(10)19/h4-7,21H,2-3,20H2,1H3,(H,22,24)(H,25,26). The first kappa shape index (κ1) is 16.8. The Balaban J connectivity index is 1.91. The predicted molar refractivity (Wildman–Crippen MR) is 99.7 cm³/mol. The maximum atomic E-state index is 15.0. The summed E-state index contributed by atoms with van der Waals surface area (Å²) in [7, 11) is 0. The molecule has 0 unspecified atom stereocenters. The first-order chi connectivity index (χ1) is 13.0. The molecule has 0 saturated carbocycles. The maximum Gasteiger partial charge on any atom is 0.410 e. The van der Waals surface area contributed by atoms with Crippen molar-refractivity contribution in [1.29, 1.82) is 0 Å². The molecule has 3 heterocycles. The van der Waals surface area contributed by atoms with Gasteiger partial charge in [0.2, 0.25) is 5.88 Å². The number of hydrogen-bond acceptors (Lipinski definition) is 6. The molecule has 2 aromatic heterocycles. The van der Waals surface area contributed by atoms with E-state index in [0.717, 1.165) is 11.3 Å². The molecular formula is C18H16FN5O3. The number of nitrogen functional groups attached to an aromatic ring is 1. The molecule has 0 spiro atoms. The van der Waals surface area contributed by atoms with E-state index >= 15 is 0 Å². The van der Waals surface area contributed by atoms with Crippen molar-refractivity contribution in [1.82, 2.24) is 9.97 Å². The van der Waals surface area contributed by atoms with Gasteiger partial charge in [-0.1, -0.05) is 0 Å². The van der Waals surface area contributed by atoms with Crippen LogP contribution in [0, 0.1) is 12.7 Å². The lowest BCUT2D eigenvalue weighted by atomic mass is 9.97. The fraction of sp³-hybridized carbons (Fsp3) is 0.167. The number of carboxylic acid groups (broad SMARTS) is 1. The van der Waals surface area contributed by atoms with Crippen LogP contribution in [0.3, 0.4) is 0 Å². The van der Waals surface area contributed by atoms with Crippen molar-refractivity contribution in [2.24, 2.45) is 0 Å². The summed E-state index contributed by atoms with van der Waals surface area (Å²) in [6.07, 6.45) is 1.65. The van der Waals surface area contributed by atoms with Gasteiger partial charge in [-0.15, -0.1) is 0 Å². The van der Waals surface area contributed by atoms with Crippen LogP contribution in [0.1, 0.15) is 5.56 Å². The lowest BCUT2D eigenvalue weighted by molar-refractivity contribution is 0.209. The summed E-state index contributed by atoms with van der Waals surface area (Å²) < 4.78 is 20.5. The normalized spacial score (nSPS) is 12.8. The number of nitrogens with two attached hydrogens (primary N) is 1. The Morgan fingerprint density at radius 2 is 2.15 bits per heavy atom. The topological polar surface area (TPSA) is 122 Å². The molecule has 1 aromatic carbocycles. The van der Waals surface area contributed by atoms with Gasteiger partial charge in [-0.3, -0.25) is 5.32 Å². The number of nitrogens with one attached hydrogen (secondary N) is 2. The quantitative estimate of drug-likeness (QED) is 0.512. The van der Waals surface area contributed by atoms with E-state index in [1.165, 1.54) is 12.3 Å². The molecule has 3 aromatic rings. The van der Waals surface area contributed by atoms with Crippen molar-refractivity contribution >= 4 is 34.1 Å². The molecule has 1 aliphatic rings. The molecule has 27 heavy (non-hydrogen) atoms. The third-order valence-electron chi connectivity index (χ3n) is 4.47. The summed E-state index contributed by atoms with van der Waals surface area (Å²) in [5, 5.41) is 15.2. The molecule has 138 valence electrons. The van der Waals surface area contributed by atoms with Crippen molar-refractivity contribution in [3.63, 3.8) is 0 Å². The number of pyridine rings is 2. The smallest absolute Gasteiger partial charge is 0.410 e. The van der Waals surface area contributed by atoms with Crippen LogP contribution in [0.25, 0.3) is 21.9 Å². The zero-order chi connectivity index (χ0) is 19.1. The van der Waals surface area contributed by atoms with E-state index in [0.29, 0.717) is 35.4 Å². The Morgan fingerprint density at radius 3 is 2.93 bits per heavy atom. The Morgan fingerprint density at radius 1 is 1.33 bits per heavy atom. The minimum atomic E-state index is -1.24. The van der Waals surface area contributed by atoms with E-state index in [1.807, 2.05) is 6.92 Å². The highest BCUT2D eigenvalue weighted by atomic mass is 19.1. The number of amides is 1. The van der Waals surface area contributed by atoms with Crippen molar-refractivity contribution < 1.29 is 19.0 Å². The molecule has 0 bridgehead atoms. The van der Waals surface area contributed by atoms with Crippen molar-refractivity contribution in [3.05, 3.63) is 35.9 Å². The van der Waals surface area contributed by atoms with Crippen LogP contribution in [0.15, 0.2) is 24.5 Å². The molecular weight excluding hydrogens is 353 g/mol. The zero-order valence-electron chi connectivity index (χ0n) is 14.3. The number of carbonyl (C=O) groups is 1. The molecule has 5 N–H and O–H groups in total. The van der Waals surface area contributed by atoms with Gasteiger partial charge >= 0.3 is 6.09 Å². The molecule has 0 atom stereocenters. The SMILES string of the molecule is Cc1c(-c2cc3cc(NC(=O)O)ncc3c(N)c2F)cnc2c1NCCO2. The minimum absolute atomic E-state index is 0.0572. The van der Waals surface area contributed by atoms with Crippen molar-refractivity contribution in [3.8, 4) is 17.0 Å². The lowest BCUT2D eigenvalue weighted by Gasteiger charge is -2.22. The Labute approximate surface area is 153 Å². The number of nitrogens with zero attached hydrogens (tertiary/aromatic N) is 2. The van der Waals surface area contributed by atoms with E-state index < -0.39 is 11.9 Å².